The molecule has 0 amide bonds. The summed E-state index contributed by atoms with van der Waals surface area (Å²) in [7, 11) is -2.44. The Kier molecular flexibility index (Phi) is 5.02. The number of hydrogen-bond donors (Lipinski definition) is 1. The number of sulfone groups is 1. The minimum Gasteiger partial charge on any atom is -0.497 e. The fourth-order valence-corrected chi connectivity index (χ4v) is 5.37. The fraction of sp³-hybridized carbons (Fsp3) is 0.120. The molecule has 8 heteroatoms. The van der Waals surface area contributed by atoms with Crippen LogP contribution in [0.4, 0.5) is 5.82 Å². The zero-order chi connectivity index (χ0) is 23.2. The van der Waals surface area contributed by atoms with E-state index in [0.29, 0.717) is 29.0 Å². The number of nitrogens with two attached hydrogens (primary N) is 1. The largest absolute Gasteiger partial charge is 0.497 e. The molecule has 2 N–H and O–H groups in total. The highest BCUT2D eigenvalue weighted by Gasteiger charge is 2.30. The minimum absolute atomic E-state index is 0.0342. The van der Waals surface area contributed by atoms with Crippen molar-refractivity contribution < 1.29 is 13.2 Å². The van der Waals surface area contributed by atoms with Crippen LogP contribution in [0.15, 0.2) is 82.6 Å². The normalized spacial score (nSPS) is 11.8. The molecule has 2 aromatic heterocycles. The van der Waals surface area contributed by atoms with Crippen molar-refractivity contribution in [2.45, 2.75) is 23.3 Å². The molecular formula is C25H22N4O3S. The van der Waals surface area contributed by atoms with Crippen LogP contribution >= 0.6 is 0 Å². The zero-order valence-electron chi connectivity index (χ0n) is 18.2. The van der Waals surface area contributed by atoms with Crippen molar-refractivity contribution in [3.05, 3.63) is 83.9 Å². The molecule has 2 heterocycles. The van der Waals surface area contributed by atoms with Gasteiger partial charge in [-0.25, -0.2) is 18.4 Å². The highest BCUT2D eigenvalue weighted by Crippen LogP contribution is 2.36. The third-order valence-corrected chi connectivity index (χ3v) is 7.48. The minimum atomic E-state index is -3.97. The number of rotatable bonds is 5. The van der Waals surface area contributed by atoms with Crippen LogP contribution in [0.5, 0.6) is 5.75 Å². The molecule has 0 atom stereocenters. The average molecular weight is 459 g/mol. The lowest BCUT2D eigenvalue weighted by atomic mass is 10.1. The first-order chi connectivity index (χ1) is 15.9. The van der Waals surface area contributed by atoms with E-state index in [-0.39, 0.29) is 21.1 Å². The summed E-state index contributed by atoms with van der Waals surface area (Å²) in [4.78, 5) is 9.49. The maximum Gasteiger partial charge on any atom is 0.212 e. The first kappa shape index (κ1) is 21.0. The zero-order valence-corrected chi connectivity index (χ0v) is 19.0. The van der Waals surface area contributed by atoms with Crippen LogP contribution < -0.4 is 10.5 Å². The molecule has 33 heavy (non-hydrogen) atoms. The predicted octanol–water partition coefficient (Wildman–Crippen LogP) is 4.36. The summed E-state index contributed by atoms with van der Waals surface area (Å²) in [5.41, 5.74) is 10.6. The van der Waals surface area contributed by atoms with Crippen molar-refractivity contribution in [2.75, 3.05) is 12.8 Å². The molecular weight excluding hydrogens is 436 g/mol. The SMILES string of the molecule is COc1ccc(S(=O)(=O)c2c(N)n(Cc3ccc(C)cc3)c3nc4ccccc4nc23)cc1. The van der Waals surface area contributed by atoms with Crippen molar-refractivity contribution in [3.63, 3.8) is 0 Å². The highest BCUT2D eigenvalue weighted by molar-refractivity contribution is 7.92. The molecule has 0 unspecified atom stereocenters. The molecule has 7 nitrogen and oxygen atoms in total. The summed E-state index contributed by atoms with van der Waals surface area (Å²) >= 11 is 0. The van der Waals surface area contributed by atoms with Gasteiger partial charge in [0.15, 0.2) is 5.65 Å². The van der Waals surface area contributed by atoms with E-state index in [0.717, 1.165) is 11.1 Å². The quantitative estimate of drug-likeness (QED) is 0.420. The van der Waals surface area contributed by atoms with E-state index in [9.17, 15) is 8.42 Å². The van der Waals surface area contributed by atoms with E-state index in [1.807, 2.05) is 49.4 Å². The maximum atomic E-state index is 13.7. The lowest BCUT2D eigenvalue weighted by molar-refractivity contribution is 0.414. The van der Waals surface area contributed by atoms with Gasteiger partial charge >= 0.3 is 0 Å². The third-order valence-electron chi connectivity index (χ3n) is 5.65. The third kappa shape index (κ3) is 3.58. The lowest BCUT2D eigenvalue weighted by Crippen LogP contribution is -2.09. The number of para-hydroxylation sites is 2. The second kappa shape index (κ2) is 7.90. The molecule has 0 aliphatic heterocycles. The maximum absolute atomic E-state index is 13.7. The van der Waals surface area contributed by atoms with Gasteiger partial charge in [0.25, 0.3) is 0 Å². The van der Waals surface area contributed by atoms with Gasteiger partial charge in [-0.15, -0.1) is 0 Å². The smallest absolute Gasteiger partial charge is 0.212 e. The summed E-state index contributed by atoms with van der Waals surface area (Å²) in [6.07, 6.45) is 0. The van der Waals surface area contributed by atoms with Gasteiger partial charge in [-0.2, -0.15) is 0 Å². The number of aryl methyl sites for hydroxylation is 1. The van der Waals surface area contributed by atoms with Crippen LogP contribution in [0.3, 0.4) is 0 Å². The molecule has 0 radical (unpaired) electrons. The van der Waals surface area contributed by atoms with Gasteiger partial charge in [0, 0.05) is 0 Å². The number of aromatic nitrogens is 3. The number of methoxy groups -OCH3 is 1. The first-order valence-electron chi connectivity index (χ1n) is 10.4. The van der Waals surface area contributed by atoms with E-state index in [2.05, 4.69) is 4.98 Å². The van der Waals surface area contributed by atoms with Crippen molar-refractivity contribution in [1.82, 2.24) is 14.5 Å². The molecule has 0 aliphatic carbocycles. The van der Waals surface area contributed by atoms with Crippen molar-refractivity contribution >= 4 is 37.9 Å². The molecule has 5 rings (SSSR count). The van der Waals surface area contributed by atoms with E-state index in [1.165, 1.54) is 19.2 Å². The average Bonchev–Trinajstić information content (AvgIpc) is 3.09. The van der Waals surface area contributed by atoms with E-state index in [1.54, 1.807) is 22.8 Å². The Morgan fingerprint density at radius 2 is 1.55 bits per heavy atom. The second-order valence-corrected chi connectivity index (χ2v) is 9.74. The second-order valence-electron chi connectivity index (χ2n) is 7.85. The van der Waals surface area contributed by atoms with Crippen LogP contribution in [0.2, 0.25) is 0 Å². The summed E-state index contributed by atoms with van der Waals surface area (Å²) < 4.78 is 34.3. The van der Waals surface area contributed by atoms with Crippen LogP contribution in [-0.2, 0) is 16.4 Å². The molecule has 0 spiro atoms. The summed E-state index contributed by atoms with van der Waals surface area (Å²) in [6, 6.07) is 21.6. The number of hydrogen-bond acceptors (Lipinski definition) is 6. The first-order valence-corrected chi connectivity index (χ1v) is 11.9. The monoisotopic (exact) mass is 458 g/mol. The van der Waals surface area contributed by atoms with Gasteiger partial charge in [0.2, 0.25) is 9.84 Å². The Hall–Kier alpha value is -3.91. The standard InChI is InChI=1S/C25H22N4O3S/c1-16-7-9-17(10-8-16)15-29-24(26)23(33(30,31)19-13-11-18(32-2)12-14-19)22-25(29)28-21-6-4-3-5-20(21)27-22/h3-14H,15,26H2,1-2H3. The Morgan fingerprint density at radius 1 is 0.909 bits per heavy atom. The number of benzene rings is 3. The van der Waals surface area contributed by atoms with E-state index >= 15 is 0 Å². The fourth-order valence-electron chi connectivity index (χ4n) is 3.86. The molecule has 0 saturated carbocycles. The van der Waals surface area contributed by atoms with Crippen molar-refractivity contribution in [2.24, 2.45) is 0 Å². The predicted molar refractivity (Wildman–Crippen MR) is 128 cm³/mol. The summed E-state index contributed by atoms with van der Waals surface area (Å²) in [6.45, 7) is 2.38. The molecule has 166 valence electrons. The van der Waals surface area contributed by atoms with Crippen LogP contribution in [0, 0.1) is 6.92 Å². The van der Waals surface area contributed by atoms with Gasteiger partial charge in [-0.05, 0) is 48.9 Å². The Balaban J connectivity index is 1.77. The van der Waals surface area contributed by atoms with Crippen LogP contribution in [-0.4, -0.2) is 30.1 Å². The molecule has 0 aliphatic rings. The van der Waals surface area contributed by atoms with E-state index in [4.69, 9.17) is 15.5 Å². The van der Waals surface area contributed by atoms with Gasteiger partial charge in [-0.1, -0.05) is 42.0 Å². The topological polar surface area (TPSA) is 100 Å². The van der Waals surface area contributed by atoms with Crippen molar-refractivity contribution in [3.8, 4) is 5.75 Å². The van der Waals surface area contributed by atoms with Crippen molar-refractivity contribution in [1.29, 1.82) is 0 Å². The summed E-state index contributed by atoms with van der Waals surface area (Å²) in [5.74, 6) is 0.672. The number of nitrogen functional groups attached to an aromatic ring is 1. The van der Waals surface area contributed by atoms with Gasteiger partial charge in [0.1, 0.15) is 22.0 Å². The van der Waals surface area contributed by atoms with E-state index < -0.39 is 9.84 Å². The van der Waals surface area contributed by atoms with Gasteiger partial charge in [-0.3, -0.25) is 0 Å². The number of ether oxygens (including phenoxy) is 1. The highest BCUT2D eigenvalue weighted by atomic mass is 32.2. The van der Waals surface area contributed by atoms with Crippen LogP contribution in [0.25, 0.3) is 22.2 Å². The van der Waals surface area contributed by atoms with Crippen LogP contribution in [0.1, 0.15) is 11.1 Å². The Morgan fingerprint density at radius 3 is 2.18 bits per heavy atom. The number of nitrogens with zero attached hydrogens (tertiary/aromatic N) is 3. The number of anilines is 1. The lowest BCUT2D eigenvalue weighted by Gasteiger charge is -2.09. The summed E-state index contributed by atoms with van der Waals surface area (Å²) in [5, 5.41) is 0. The Bertz CT molecular complexity index is 1590. The molecule has 0 saturated heterocycles. The molecule has 0 bridgehead atoms. The molecule has 0 fully saturated rings. The van der Waals surface area contributed by atoms with Gasteiger partial charge < -0.3 is 15.0 Å². The molecule has 5 aromatic rings. The Labute approximate surface area is 191 Å². The molecule has 3 aromatic carbocycles. The number of fused-ring (bicyclic) bond motifs is 2. The van der Waals surface area contributed by atoms with Gasteiger partial charge in [0.05, 0.1) is 29.6 Å².